The summed E-state index contributed by atoms with van der Waals surface area (Å²) in [6.45, 7) is -0.157. The van der Waals surface area contributed by atoms with E-state index in [0.717, 1.165) is 10.8 Å². The van der Waals surface area contributed by atoms with Crippen LogP contribution in [0, 0.1) is 8.98 Å². The van der Waals surface area contributed by atoms with Crippen molar-refractivity contribution in [2.24, 2.45) is 5.73 Å². The highest BCUT2D eigenvalue weighted by Gasteiger charge is 2.36. The Kier molecular flexibility index (Phi) is 25.1. The van der Waals surface area contributed by atoms with Gasteiger partial charge in [0, 0.05) is 85.2 Å². The van der Waals surface area contributed by atoms with Crippen LogP contribution in [0.2, 0.25) is 0 Å². The summed E-state index contributed by atoms with van der Waals surface area (Å²) in [6.07, 6.45) is 0.973. The predicted octanol–water partition coefficient (Wildman–Crippen LogP) is -0.785. The molecule has 12 N–H and O–H groups in total. The van der Waals surface area contributed by atoms with Gasteiger partial charge in [0.1, 0.15) is 29.9 Å². The fourth-order valence-corrected chi connectivity index (χ4v) is 9.98. The van der Waals surface area contributed by atoms with E-state index in [4.69, 9.17) is 11.1 Å². The zero-order valence-electron chi connectivity index (χ0n) is 44.3. The molecule has 2 fully saturated rings. The number of nitrogens with zero attached hydrogens (tertiary/aromatic N) is 5. The summed E-state index contributed by atoms with van der Waals surface area (Å²) in [4.78, 5) is 128. The Bertz CT molecular complexity index is 2630. The van der Waals surface area contributed by atoms with Gasteiger partial charge >= 0.3 is 17.9 Å². The third-order valence-electron chi connectivity index (χ3n) is 13.7. The molecule has 0 spiro atoms. The number of nitrogens with one attached hydrogen (secondary N) is 6. The first kappa shape index (κ1) is 62.8. The van der Waals surface area contributed by atoms with E-state index in [9.17, 15) is 63.6 Å². The van der Waals surface area contributed by atoms with Gasteiger partial charge in [-0.2, -0.15) is 0 Å². The standard InChI is InChI=1S/C53H73IN12O13/c1-62-42(10-6-16-57-46(69)30-63-17-19-64(31-47(70)71)21-23-66(33-49(74)75)24-22-65(20-18-63)32-48(72)73)52(78)60-39(9-4-5-11-44(55)56)51(77)61-40(27-34-12-14-36-7-2-3-8-37(36)25-34)50(76)58-29-45(68)59-41(53(62)79)28-35-13-15-43(67)38(54)26-35/h2-3,7-8,12-15,25-26,39-42,67H,4-6,9-11,16-24,27-33H2,1H3,(H3,55,56)(H,57,69)(H,58,76)(H,59,68)(H,60,78)(H,61,77)(H,70,71)(H,72,73)(H,74,75)/t39-,40-,41+,42+/m0/s1. The Labute approximate surface area is 471 Å². The third-order valence-corrected chi connectivity index (χ3v) is 14.5. The number of amidine groups is 1. The van der Waals surface area contributed by atoms with Crippen molar-refractivity contribution in [3.63, 3.8) is 0 Å². The Hall–Kier alpha value is -7.01. The number of phenols is 1. The van der Waals surface area contributed by atoms with Crippen LogP contribution in [0.1, 0.15) is 49.7 Å². The molecule has 26 heteroatoms. The van der Waals surface area contributed by atoms with Crippen LogP contribution in [0.3, 0.4) is 0 Å². The van der Waals surface area contributed by atoms with E-state index in [1.54, 1.807) is 31.7 Å². The molecular weight excluding hydrogens is 1140 g/mol. The molecule has 0 aromatic heterocycles. The molecule has 2 aliphatic heterocycles. The van der Waals surface area contributed by atoms with Crippen LogP contribution in [0.4, 0.5) is 0 Å². The molecule has 0 radical (unpaired) electrons. The molecule has 4 atom stereocenters. The van der Waals surface area contributed by atoms with Gasteiger partial charge in [-0.1, -0.05) is 55.0 Å². The van der Waals surface area contributed by atoms with Crippen molar-refractivity contribution in [1.82, 2.24) is 51.1 Å². The van der Waals surface area contributed by atoms with Crippen molar-refractivity contribution >= 4 is 92.5 Å². The van der Waals surface area contributed by atoms with Crippen molar-refractivity contribution in [3.8, 4) is 5.75 Å². The van der Waals surface area contributed by atoms with Crippen LogP contribution in [-0.4, -0.2) is 227 Å². The van der Waals surface area contributed by atoms with Gasteiger partial charge in [0.05, 0.1) is 42.1 Å². The molecule has 0 aliphatic carbocycles. The topological polar surface area (TPSA) is 361 Å². The van der Waals surface area contributed by atoms with E-state index < -0.39 is 84.1 Å². The van der Waals surface area contributed by atoms with E-state index in [1.165, 1.54) is 18.0 Å². The van der Waals surface area contributed by atoms with Crippen LogP contribution in [0.25, 0.3) is 10.8 Å². The number of likely N-dealkylation sites (N-methyl/N-ethyl adjacent to an activating group) is 1. The predicted molar refractivity (Wildman–Crippen MR) is 299 cm³/mol. The number of benzene rings is 3. The molecule has 25 nitrogen and oxygen atoms in total. The monoisotopic (exact) mass is 1210 g/mol. The van der Waals surface area contributed by atoms with Gasteiger partial charge in [0.2, 0.25) is 35.4 Å². The van der Waals surface area contributed by atoms with Crippen LogP contribution < -0.4 is 32.3 Å². The number of hydrogen-bond acceptors (Lipinski definition) is 15. The number of amides is 6. The fourth-order valence-electron chi connectivity index (χ4n) is 9.40. The van der Waals surface area contributed by atoms with Gasteiger partial charge < -0.3 is 57.6 Å². The van der Waals surface area contributed by atoms with Crippen molar-refractivity contribution in [3.05, 3.63) is 75.4 Å². The van der Waals surface area contributed by atoms with Gasteiger partial charge in [-0.3, -0.25) is 68.2 Å². The summed E-state index contributed by atoms with van der Waals surface area (Å²) < 4.78 is 0.476. The highest BCUT2D eigenvalue weighted by Crippen LogP contribution is 2.22. The molecule has 2 saturated heterocycles. The number of rotatable bonds is 21. The number of hydrogen-bond donors (Lipinski definition) is 11. The van der Waals surface area contributed by atoms with Crippen molar-refractivity contribution in [2.45, 2.75) is 75.5 Å². The normalized spacial score (nSPS) is 20.5. The molecule has 2 aliphatic rings. The minimum atomic E-state index is -1.30. The molecule has 0 unspecified atom stereocenters. The van der Waals surface area contributed by atoms with Gasteiger partial charge in [-0.25, -0.2) is 0 Å². The SMILES string of the molecule is CN1C(=O)[C@@H](Cc2ccc(O)c(I)c2)NC(=O)CNC(=O)[C@H](Cc2ccc3ccccc3c2)NC(=O)[C@H](CCCCC(=N)N)NC(=O)[C@H]1CCCNC(=O)CN1CCN(CC(=O)O)CCN(CC(=O)O)CCN(CC(=O)O)CC1. The molecule has 2 heterocycles. The second-order valence-electron chi connectivity index (χ2n) is 19.8. The van der Waals surface area contributed by atoms with E-state index in [2.05, 4.69) is 26.6 Å². The number of aromatic hydroxyl groups is 1. The highest BCUT2D eigenvalue weighted by atomic mass is 127. The molecular formula is C53H73IN12O13. The number of aliphatic carboxylic acids is 3. The summed E-state index contributed by atoms with van der Waals surface area (Å²) in [5.41, 5.74) is 6.88. The molecule has 3 aromatic rings. The molecule has 79 heavy (non-hydrogen) atoms. The maximum absolute atomic E-state index is 14.7. The minimum absolute atomic E-state index is 0.000518. The third kappa shape index (κ3) is 21.6. The minimum Gasteiger partial charge on any atom is -0.507 e. The Morgan fingerprint density at radius 1 is 0.646 bits per heavy atom. The van der Waals surface area contributed by atoms with Gasteiger partial charge in [-0.05, 0) is 82.3 Å². The molecule has 3 aromatic carbocycles. The lowest BCUT2D eigenvalue weighted by atomic mass is 10.00. The lowest BCUT2D eigenvalue weighted by molar-refractivity contribution is -0.142. The summed E-state index contributed by atoms with van der Waals surface area (Å²) >= 11 is 1.93. The first-order chi connectivity index (χ1) is 37.6. The molecule has 6 amide bonds. The number of carbonyl (C=O) groups is 9. The van der Waals surface area contributed by atoms with Crippen LogP contribution in [-0.2, 0) is 56.0 Å². The largest absolute Gasteiger partial charge is 0.507 e. The molecule has 430 valence electrons. The Morgan fingerprint density at radius 3 is 1.75 bits per heavy atom. The summed E-state index contributed by atoms with van der Waals surface area (Å²) in [6, 6.07) is 12.8. The van der Waals surface area contributed by atoms with E-state index in [0.29, 0.717) is 27.5 Å². The van der Waals surface area contributed by atoms with Crippen LogP contribution >= 0.6 is 22.6 Å². The van der Waals surface area contributed by atoms with Gasteiger partial charge in [0.15, 0.2) is 0 Å². The number of nitrogens with two attached hydrogens (primary N) is 1. The van der Waals surface area contributed by atoms with E-state index in [1.807, 2.05) is 65.1 Å². The summed E-state index contributed by atoms with van der Waals surface area (Å²) in [5, 5.41) is 62.4. The zero-order valence-corrected chi connectivity index (χ0v) is 46.5. The summed E-state index contributed by atoms with van der Waals surface area (Å²) in [7, 11) is 1.38. The molecule has 0 saturated carbocycles. The van der Waals surface area contributed by atoms with Crippen molar-refractivity contribution in [2.75, 3.05) is 98.7 Å². The number of carboxylic acids is 3. The Morgan fingerprint density at radius 2 is 1.18 bits per heavy atom. The lowest BCUT2D eigenvalue weighted by Gasteiger charge is -2.33. The smallest absolute Gasteiger partial charge is 0.317 e. The number of phenolic OH excluding ortho intramolecular Hbond substituents is 1. The van der Waals surface area contributed by atoms with Crippen LogP contribution in [0.5, 0.6) is 5.75 Å². The number of fused-ring (bicyclic) bond motifs is 1. The number of unbranched alkanes of at least 4 members (excludes halogenated alkanes) is 1. The van der Waals surface area contributed by atoms with Gasteiger partial charge in [-0.15, -0.1) is 0 Å². The Balaban J connectivity index is 1.39. The first-order valence-electron chi connectivity index (χ1n) is 26.2. The van der Waals surface area contributed by atoms with Crippen LogP contribution in [0.15, 0.2) is 60.7 Å². The summed E-state index contributed by atoms with van der Waals surface area (Å²) in [5.74, 6) is -7.37. The number of carboxylic acid groups (broad SMARTS) is 3. The second-order valence-corrected chi connectivity index (χ2v) is 21.0. The second kappa shape index (κ2) is 31.5. The fraction of sp³-hybridized carbons (Fsp3) is 0.509. The van der Waals surface area contributed by atoms with Gasteiger partial charge in [0.25, 0.3) is 0 Å². The molecule has 5 rings (SSSR count). The first-order valence-corrected chi connectivity index (χ1v) is 27.3. The maximum Gasteiger partial charge on any atom is 0.317 e. The molecule has 0 bridgehead atoms. The zero-order chi connectivity index (χ0) is 57.6. The van der Waals surface area contributed by atoms with Crippen molar-refractivity contribution in [1.29, 1.82) is 5.41 Å². The van der Waals surface area contributed by atoms with Crippen molar-refractivity contribution < 1.29 is 63.6 Å². The maximum atomic E-state index is 14.7. The quantitative estimate of drug-likeness (QED) is 0.0270. The lowest BCUT2D eigenvalue weighted by Crippen LogP contribution is -2.58. The highest BCUT2D eigenvalue weighted by molar-refractivity contribution is 14.1. The number of carbonyl (C=O) groups excluding carboxylic acids is 6. The van der Waals surface area contributed by atoms with E-state index >= 15 is 0 Å². The van der Waals surface area contributed by atoms with E-state index in [-0.39, 0.29) is 135 Å². The average Bonchev–Trinajstić information content (AvgIpc) is 3.43. The average molecular weight is 1210 g/mol. The number of halogens is 1.